The first kappa shape index (κ1) is 13.7. The number of nitriles is 1. The van der Waals surface area contributed by atoms with Crippen LogP contribution in [0.5, 0.6) is 5.75 Å². The molecule has 1 saturated carbocycles. The highest BCUT2D eigenvalue weighted by atomic mass is 19.4. The molecule has 6 heteroatoms. The molecule has 0 bridgehead atoms. The molecule has 0 aliphatic heterocycles. The van der Waals surface area contributed by atoms with Crippen molar-refractivity contribution in [3.8, 4) is 11.8 Å². The fraction of sp³-hybridized carbons (Fsp3) is 0.462. The molecule has 0 aromatic heterocycles. The normalized spacial score (nSPS) is 23.1. The number of nitrogens with two attached hydrogens (primary N) is 1. The molecule has 102 valence electrons. The summed E-state index contributed by atoms with van der Waals surface area (Å²) < 4.78 is 43.4. The van der Waals surface area contributed by atoms with Gasteiger partial charge in [-0.15, -0.1) is 0 Å². The van der Waals surface area contributed by atoms with Crippen molar-refractivity contribution in [1.82, 2.24) is 0 Å². The van der Waals surface area contributed by atoms with Crippen LogP contribution in [0.15, 0.2) is 18.2 Å². The monoisotopic (exact) mass is 270 g/mol. The van der Waals surface area contributed by atoms with Crippen LogP contribution in [0.4, 0.5) is 13.2 Å². The maximum Gasteiger partial charge on any atom is 0.417 e. The van der Waals surface area contributed by atoms with Gasteiger partial charge in [-0.3, -0.25) is 0 Å². The number of alkyl halides is 3. The Bertz CT molecular complexity index is 508. The number of rotatable bonds is 2. The minimum atomic E-state index is -4.53. The number of ether oxygens (including phenoxy) is 1. The van der Waals surface area contributed by atoms with E-state index in [4.69, 9.17) is 15.7 Å². The summed E-state index contributed by atoms with van der Waals surface area (Å²) in [7, 11) is 0. The zero-order valence-electron chi connectivity index (χ0n) is 10.1. The standard InChI is InChI=1S/C13H13F3N2O/c14-13(15,16)12-4-3-10(5-8(12)7-17)19-11-2-1-9(18)6-11/h3-5,9,11H,1-2,6,18H2. The lowest BCUT2D eigenvalue weighted by molar-refractivity contribution is -0.137. The Kier molecular flexibility index (Phi) is 3.67. The van der Waals surface area contributed by atoms with Gasteiger partial charge in [0.2, 0.25) is 0 Å². The van der Waals surface area contributed by atoms with Gasteiger partial charge in [-0.05, 0) is 37.5 Å². The Morgan fingerprint density at radius 2 is 2.05 bits per heavy atom. The van der Waals surface area contributed by atoms with Gasteiger partial charge in [0, 0.05) is 6.04 Å². The minimum absolute atomic E-state index is 0.0786. The van der Waals surface area contributed by atoms with Crippen LogP contribution in [0.2, 0.25) is 0 Å². The maximum atomic E-state index is 12.6. The molecule has 19 heavy (non-hydrogen) atoms. The predicted octanol–water partition coefficient (Wildman–Crippen LogP) is 2.84. The van der Waals surface area contributed by atoms with E-state index in [9.17, 15) is 13.2 Å². The van der Waals surface area contributed by atoms with E-state index in [0.29, 0.717) is 6.42 Å². The molecule has 2 rings (SSSR count). The van der Waals surface area contributed by atoms with Crippen molar-refractivity contribution in [3.63, 3.8) is 0 Å². The molecule has 0 amide bonds. The largest absolute Gasteiger partial charge is 0.490 e. The second-order valence-electron chi connectivity index (χ2n) is 4.63. The van der Waals surface area contributed by atoms with Gasteiger partial charge in [0.05, 0.1) is 17.2 Å². The Morgan fingerprint density at radius 1 is 1.32 bits per heavy atom. The van der Waals surface area contributed by atoms with E-state index in [1.165, 1.54) is 6.07 Å². The zero-order chi connectivity index (χ0) is 14.0. The first-order valence-electron chi connectivity index (χ1n) is 5.93. The average molecular weight is 270 g/mol. The molecule has 1 aliphatic carbocycles. The molecule has 0 saturated heterocycles. The second-order valence-corrected chi connectivity index (χ2v) is 4.63. The number of benzene rings is 1. The lowest BCUT2D eigenvalue weighted by Crippen LogP contribution is -2.19. The predicted molar refractivity (Wildman–Crippen MR) is 62.4 cm³/mol. The van der Waals surface area contributed by atoms with E-state index in [1.807, 2.05) is 0 Å². The SMILES string of the molecule is N#Cc1cc(OC2CCC(N)C2)ccc1C(F)(F)F. The molecule has 3 nitrogen and oxygen atoms in total. The summed E-state index contributed by atoms with van der Waals surface area (Å²) in [4.78, 5) is 0. The lowest BCUT2D eigenvalue weighted by atomic mass is 10.1. The van der Waals surface area contributed by atoms with Crippen molar-refractivity contribution in [2.75, 3.05) is 0 Å². The van der Waals surface area contributed by atoms with Gasteiger partial charge in [0.1, 0.15) is 11.9 Å². The number of halogens is 3. The van der Waals surface area contributed by atoms with Crippen molar-refractivity contribution >= 4 is 0 Å². The molecule has 1 fully saturated rings. The number of nitrogens with zero attached hydrogens (tertiary/aromatic N) is 1. The Morgan fingerprint density at radius 3 is 2.58 bits per heavy atom. The van der Waals surface area contributed by atoms with Gasteiger partial charge in [-0.2, -0.15) is 18.4 Å². The highest BCUT2D eigenvalue weighted by molar-refractivity contribution is 5.44. The molecule has 0 spiro atoms. The van der Waals surface area contributed by atoms with E-state index in [1.54, 1.807) is 6.07 Å². The van der Waals surface area contributed by atoms with Crippen molar-refractivity contribution in [2.24, 2.45) is 5.73 Å². The van der Waals surface area contributed by atoms with Gasteiger partial charge < -0.3 is 10.5 Å². The van der Waals surface area contributed by atoms with Crippen LogP contribution < -0.4 is 10.5 Å². The van der Waals surface area contributed by atoms with E-state index in [-0.39, 0.29) is 17.9 Å². The summed E-state index contributed by atoms with van der Waals surface area (Å²) in [5, 5.41) is 8.78. The Hall–Kier alpha value is -1.74. The minimum Gasteiger partial charge on any atom is -0.490 e. The van der Waals surface area contributed by atoms with Gasteiger partial charge in [-0.25, -0.2) is 0 Å². The van der Waals surface area contributed by atoms with Crippen LogP contribution in [-0.4, -0.2) is 12.1 Å². The number of hydrogen-bond donors (Lipinski definition) is 1. The summed E-state index contributed by atoms with van der Waals surface area (Å²) in [6.07, 6.45) is -2.30. The first-order chi connectivity index (χ1) is 8.90. The van der Waals surface area contributed by atoms with Gasteiger partial charge in [0.15, 0.2) is 0 Å². The summed E-state index contributed by atoms with van der Waals surface area (Å²) >= 11 is 0. The first-order valence-corrected chi connectivity index (χ1v) is 5.93. The highest BCUT2D eigenvalue weighted by Crippen LogP contribution is 2.34. The topological polar surface area (TPSA) is 59.0 Å². The summed E-state index contributed by atoms with van der Waals surface area (Å²) in [5.74, 6) is 0.281. The second kappa shape index (κ2) is 5.10. The zero-order valence-corrected chi connectivity index (χ0v) is 10.1. The fourth-order valence-corrected chi connectivity index (χ4v) is 2.21. The third kappa shape index (κ3) is 3.18. The van der Waals surface area contributed by atoms with Crippen LogP contribution in [-0.2, 0) is 6.18 Å². The van der Waals surface area contributed by atoms with Crippen LogP contribution in [0.1, 0.15) is 30.4 Å². The van der Waals surface area contributed by atoms with Gasteiger partial charge in [0.25, 0.3) is 0 Å². The summed E-state index contributed by atoms with van der Waals surface area (Å²) in [6.45, 7) is 0. The molecule has 0 radical (unpaired) electrons. The summed E-state index contributed by atoms with van der Waals surface area (Å²) in [5.41, 5.74) is 4.37. The molecular weight excluding hydrogens is 257 g/mol. The van der Waals surface area contributed by atoms with E-state index in [2.05, 4.69) is 0 Å². The molecule has 2 atom stereocenters. The van der Waals surface area contributed by atoms with Crippen LogP contribution >= 0.6 is 0 Å². The Labute approximate surface area is 108 Å². The van der Waals surface area contributed by atoms with Crippen molar-refractivity contribution in [2.45, 2.75) is 37.6 Å². The van der Waals surface area contributed by atoms with Crippen molar-refractivity contribution < 1.29 is 17.9 Å². The third-order valence-electron chi connectivity index (χ3n) is 3.14. The quantitative estimate of drug-likeness (QED) is 0.899. The van der Waals surface area contributed by atoms with Crippen LogP contribution in [0, 0.1) is 11.3 Å². The lowest BCUT2D eigenvalue weighted by Gasteiger charge is -2.15. The van der Waals surface area contributed by atoms with Gasteiger partial charge in [-0.1, -0.05) is 0 Å². The molecule has 0 heterocycles. The third-order valence-corrected chi connectivity index (χ3v) is 3.14. The molecule has 2 N–H and O–H groups in total. The highest BCUT2D eigenvalue weighted by Gasteiger charge is 2.34. The fourth-order valence-electron chi connectivity index (χ4n) is 2.21. The molecule has 1 aromatic rings. The molecule has 2 unspecified atom stereocenters. The maximum absolute atomic E-state index is 12.6. The van der Waals surface area contributed by atoms with Crippen molar-refractivity contribution in [1.29, 1.82) is 5.26 Å². The van der Waals surface area contributed by atoms with Crippen molar-refractivity contribution in [3.05, 3.63) is 29.3 Å². The molecule has 1 aliphatic rings. The van der Waals surface area contributed by atoms with Gasteiger partial charge >= 0.3 is 6.18 Å². The molecule has 1 aromatic carbocycles. The number of hydrogen-bond acceptors (Lipinski definition) is 3. The van der Waals surface area contributed by atoms with E-state index >= 15 is 0 Å². The van der Waals surface area contributed by atoms with Crippen LogP contribution in [0.25, 0.3) is 0 Å². The Balaban J connectivity index is 2.18. The van der Waals surface area contributed by atoms with E-state index < -0.39 is 17.3 Å². The van der Waals surface area contributed by atoms with E-state index in [0.717, 1.165) is 25.0 Å². The smallest absolute Gasteiger partial charge is 0.417 e. The van der Waals surface area contributed by atoms with Crippen LogP contribution in [0.3, 0.4) is 0 Å². The average Bonchev–Trinajstić information content (AvgIpc) is 2.73. The molecular formula is C13H13F3N2O. The summed E-state index contributed by atoms with van der Waals surface area (Å²) in [6, 6.07) is 4.88.